The summed E-state index contributed by atoms with van der Waals surface area (Å²) in [4.78, 5) is 18.6. The molecule has 1 aromatic carbocycles. The summed E-state index contributed by atoms with van der Waals surface area (Å²) in [6, 6.07) is 11.3. The number of para-hydroxylation sites is 2. The molecule has 0 bridgehead atoms. The van der Waals surface area contributed by atoms with Crippen LogP contribution < -0.4 is 19.3 Å². The van der Waals surface area contributed by atoms with Gasteiger partial charge in [-0.25, -0.2) is 0 Å². The highest BCUT2D eigenvalue weighted by Gasteiger charge is 2.23. The molecule has 0 saturated carbocycles. The van der Waals surface area contributed by atoms with Gasteiger partial charge in [0, 0.05) is 39.3 Å². The molecule has 0 N–H and O–H groups in total. The zero-order valence-corrected chi connectivity index (χ0v) is 17.4. The van der Waals surface area contributed by atoms with Crippen LogP contribution in [0.25, 0.3) is 0 Å². The van der Waals surface area contributed by atoms with Crippen LogP contribution in [0.15, 0.2) is 36.4 Å². The Bertz CT molecular complexity index is 787. The first-order valence-corrected chi connectivity index (χ1v) is 10.0. The van der Waals surface area contributed by atoms with Gasteiger partial charge < -0.3 is 24.2 Å². The second kappa shape index (κ2) is 9.95. The van der Waals surface area contributed by atoms with Crippen molar-refractivity contribution in [3.8, 4) is 11.5 Å². The molecule has 0 radical (unpaired) electrons. The maximum Gasteiger partial charge on any atom is 0.260 e. The number of rotatable bonds is 8. The van der Waals surface area contributed by atoms with E-state index in [1.165, 1.54) is 0 Å². The molecule has 29 heavy (non-hydrogen) atoms. The van der Waals surface area contributed by atoms with E-state index in [4.69, 9.17) is 9.47 Å². The number of amides is 1. The van der Waals surface area contributed by atoms with Crippen LogP contribution >= 0.6 is 0 Å². The maximum absolute atomic E-state index is 12.5. The fourth-order valence-corrected chi connectivity index (χ4v) is 3.36. The predicted octanol–water partition coefficient (Wildman–Crippen LogP) is 2.06. The van der Waals surface area contributed by atoms with Gasteiger partial charge in [0.15, 0.2) is 29.7 Å². The van der Waals surface area contributed by atoms with Gasteiger partial charge in [-0.15, -0.1) is 10.2 Å². The van der Waals surface area contributed by atoms with Crippen molar-refractivity contribution in [3.05, 3.63) is 36.4 Å². The lowest BCUT2D eigenvalue weighted by Gasteiger charge is -2.35. The first-order valence-electron chi connectivity index (χ1n) is 10.0. The molecular weight excluding hydrogens is 370 g/mol. The number of hydrogen-bond acceptors (Lipinski definition) is 7. The highest BCUT2D eigenvalue weighted by atomic mass is 16.5. The van der Waals surface area contributed by atoms with Crippen molar-refractivity contribution >= 4 is 17.5 Å². The maximum atomic E-state index is 12.5. The SMILES string of the molecule is CCN(CC)c1ccc(N2CCN(C(=O)COc3ccccc3OC)CC2)nn1. The Labute approximate surface area is 172 Å². The van der Waals surface area contributed by atoms with E-state index in [-0.39, 0.29) is 12.5 Å². The summed E-state index contributed by atoms with van der Waals surface area (Å²) in [7, 11) is 1.58. The van der Waals surface area contributed by atoms with Gasteiger partial charge in [0.05, 0.1) is 7.11 Å². The van der Waals surface area contributed by atoms with E-state index in [0.717, 1.165) is 37.8 Å². The minimum atomic E-state index is -0.0291. The number of benzene rings is 1. The van der Waals surface area contributed by atoms with Crippen LogP contribution in [0.4, 0.5) is 11.6 Å². The normalized spacial score (nSPS) is 13.9. The smallest absolute Gasteiger partial charge is 0.260 e. The van der Waals surface area contributed by atoms with E-state index < -0.39 is 0 Å². The molecule has 1 aromatic heterocycles. The minimum Gasteiger partial charge on any atom is -0.493 e. The van der Waals surface area contributed by atoms with E-state index in [1.807, 2.05) is 35.2 Å². The van der Waals surface area contributed by atoms with Gasteiger partial charge in [0.2, 0.25) is 0 Å². The van der Waals surface area contributed by atoms with Crippen molar-refractivity contribution in [3.63, 3.8) is 0 Å². The fourth-order valence-electron chi connectivity index (χ4n) is 3.36. The van der Waals surface area contributed by atoms with Crippen molar-refractivity contribution in [1.29, 1.82) is 0 Å². The molecule has 8 nitrogen and oxygen atoms in total. The lowest BCUT2D eigenvalue weighted by atomic mass is 10.3. The van der Waals surface area contributed by atoms with Gasteiger partial charge in [-0.3, -0.25) is 4.79 Å². The Morgan fingerprint density at radius 1 is 1.00 bits per heavy atom. The Morgan fingerprint density at radius 2 is 1.69 bits per heavy atom. The van der Waals surface area contributed by atoms with Crippen LogP contribution in [-0.2, 0) is 4.79 Å². The Kier molecular flexibility index (Phi) is 7.10. The first kappa shape index (κ1) is 20.7. The van der Waals surface area contributed by atoms with Gasteiger partial charge in [-0.2, -0.15) is 0 Å². The molecule has 1 amide bonds. The quantitative estimate of drug-likeness (QED) is 0.673. The van der Waals surface area contributed by atoms with Crippen molar-refractivity contribution in [2.45, 2.75) is 13.8 Å². The van der Waals surface area contributed by atoms with E-state index in [2.05, 4.69) is 33.8 Å². The van der Waals surface area contributed by atoms with E-state index in [0.29, 0.717) is 24.6 Å². The van der Waals surface area contributed by atoms with Gasteiger partial charge in [-0.05, 0) is 38.1 Å². The summed E-state index contributed by atoms with van der Waals surface area (Å²) in [5.74, 6) is 2.90. The molecule has 2 aromatic rings. The third-order valence-electron chi connectivity index (χ3n) is 5.10. The van der Waals surface area contributed by atoms with Crippen LogP contribution in [0, 0.1) is 0 Å². The fraction of sp³-hybridized carbons (Fsp3) is 0.476. The lowest BCUT2D eigenvalue weighted by molar-refractivity contribution is -0.133. The number of anilines is 2. The number of carbonyl (C=O) groups is 1. The number of ether oxygens (including phenoxy) is 2. The van der Waals surface area contributed by atoms with Crippen molar-refractivity contribution in [2.75, 3.05) is 62.8 Å². The summed E-state index contributed by atoms with van der Waals surface area (Å²) >= 11 is 0. The standard InChI is InChI=1S/C21H29N5O3/c1-4-24(5-2)19-10-11-20(23-22-19)25-12-14-26(15-13-25)21(27)16-29-18-9-7-6-8-17(18)28-3/h6-11H,4-5,12-16H2,1-3H3. The van der Waals surface area contributed by atoms with E-state index in [1.54, 1.807) is 13.2 Å². The van der Waals surface area contributed by atoms with Gasteiger partial charge >= 0.3 is 0 Å². The molecule has 2 heterocycles. The van der Waals surface area contributed by atoms with E-state index in [9.17, 15) is 4.79 Å². The number of piperazine rings is 1. The molecule has 1 aliphatic heterocycles. The number of hydrogen-bond donors (Lipinski definition) is 0. The van der Waals surface area contributed by atoms with Crippen molar-refractivity contribution < 1.29 is 14.3 Å². The van der Waals surface area contributed by atoms with Crippen LogP contribution in [0.5, 0.6) is 11.5 Å². The van der Waals surface area contributed by atoms with Crippen molar-refractivity contribution in [2.24, 2.45) is 0 Å². The zero-order valence-electron chi connectivity index (χ0n) is 17.4. The van der Waals surface area contributed by atoms with Crippen LogP contribution in [0.3, 0.4) is 0 Å². The van der Waals surface area contributed by atoms with Gasteiger partial charge in [0.1, 0.15) is 0 Å². The topological polar surface area (TPSA) is 71.0 Å². The second-order valence-corrected chi connectivity index (χ2v) is 6.73. The summed E-state index contributed by atoms with van der Waals surface area (Å²) in [6.45, 7) is 8.73. The Hall–Kier alpha value is -3.03. The predicted molar refractivity (Wildman–Crippen MR) is 113 cm³/mol. The second-order valence-electron chi connectivity index (χ2n) is 6.73. The summed E-state index contributed by atoms with van der Waals surface area (Å²) in [5, 5.41) is 8.73. The molecule has 1 saturated heterocycles. The molecule has 0 spiro atoms. The van der Waals surface area contributed by atoms with Crippen LogP contribution in [0.1, 0.15) is 13.8 Å². The number of methoxy groups -OCH3 is 1. The lowest BCUT2D eigenvalue weighted by Crippen LogP contribution is -2.50. The third kappa shape index (κ3) is 5.07. The molecule has 156 valence electrons. The minimum absolute atomic E-state index is 0.00124. The molecule has 1 aliphatic rings. The monoisotopic (exact) mass is 399 g/mol. The third-order valence-corrected chi connectivity index (χ3v) is 5.10. The summed E-state index contributed by atoms with van der Waals surface area (Å²) in [6.07, 6.45) is 0. The Morgan fingerprint density at radius 3 is 2.28 bits per heavy atom. The molecule has 0 atom stereocenters. The average Bonchev–Trinajstić information content (AvgIpc) is 2.79. The van der Waals surface area contributed by atoms with E-state index >= 15 is 0 Å². The number of carbonyl (C=O) groups excluding carboxylic acids is 1. The largest absolute Gasteiger partial charge is 0.493 e. The summed E-state index contributed by atoms with van der Waals surface area (Å²) < 4.78 is 10.9. The summed E-state index contributed by atoms with van der Waals surface area (Å²) in [5.41, 5.74) is 0. The molecule has 8 heteroatoms. The van der Waals surface area contributed by atoms with Crippen LogP contribution in [-0.4, -0.2) is 74.0 Å². The molecule has 0 unspecified atom stereocenters. The van der Waals surface area contributed by atoms with Gasteiger partial charge in [-0.1, -0.05) is 12.1 Å². The molecule has 1 fully saturated rings. The first-order chi connectivity index (χ1) is 14.2. The molecular formula is C21H29N5O3. The highest BCUT2D eigenvalue weighted by molar-refractivity contribution is 5.78. The Balaban J connectivity index is 1.50. The molecule has 0 aliphatic carbocycles. The average molecular weight is 399 g/mol. The van der Waals surface area contributed by atoms with Crippen molar-refractivity contribution in [1.82, 2.24) is 15.1 Å². The molecule has 3 rings (SSSR count). The highest BCUT2D eigenvalue weighted by Crippen LogP contribution is 2.25. The van der Waals surface area contributed by atoms with Gasteiger partial charge in [0.25, 0.3) is 5.91 Å². The zero-order chi connectivity index (χ0) is 20.6. The number of aromatic nitrogens is 2. The number of nitrogens with zero attached hydrogens (tertiary/aromatic N) is 5. The van der Waals surface area contributed by atoms with Crippen LogP contribution in [0.2, 0.25) is 0 Å².